The molecule has 2 aromatic rings. The standard InChI is InChI=1S/C31H42N2O4/c1-20-24(30(35)32-23-10-13-36-14-11-23)18-27(33(20)19-21-8-6-5-7-9-21)22-16-25-28(34)12-15-37-29(25)26(17-22)31(2,3)4/h16-18,21,23H,5-15,19H2,1-4H3,(H,32,35). The van der Waals surface area contributed by atoms with E-state index in [1.54, 1.807) is 0 Å². The minimum atomic E-state index is -0.184. The molecule has 1 aromatic carbocycles. The summed E-state index contributed by atoms with van der Waals surface area (Å²) in [6.45, 7) is 11.3. The van der Waals surface area contributed by atoms with Crippen molar-refractivity contribution < 1.29 is 19.1 Å². The molecule has 0 unspecified atom stereocenters. The number of ketones is 1. The van der Waals surface area contributed by atoms with Crippen LogP contribution in [0.4, 0.5) is 0 Å². The third-order valence-electron chi connectivity index (χ3n) is 8.40. The van der Waals surface area contributed by atoms with Crippen LogP contribution in [-0.2, 0) is 16.7 Å². The number of fused-ring (bicyclic) bond motifs is 1. The van der Waals surface area contributed by atoms with E-state index in [0.717, 1.165) is 53.2 Å². The Labute approximate surface area is 221 Å². The van der Waals surface area contributed by atoms with E-state index in [-0.39, 0.29) is 23.1 Å². The molecule has 2 fully saturated rings. The molecule has 6 nitrogen and oxygen atoms in total. The van der Waals surface area contributed by atoms with E-state index in [9.17, 15) is 9.59 Å². The van der Waals surface area contributed by atoms with Gasteiger partial charge in [-0.3, -0.25) is 9.59 Å². The summed E-state index contributed by atoms with van der Waals surface area (Å²) < 4.78 is 13.9. The number of carbonyl (C=O) groups is 2. The van der Waals surface area contributed by atoms with Gasteiger partial charge in [-0.15, -0.1) is 0 Å². The van der Waals surface area contributed by atoms with Gasteiger partial charge in [-0.25, -0.2) is 0 Å². The summed E-state index contributed by atoms with van der Waals surface area (Å²) in [5, 5.41) is 3.26. The summed E-state index contributed by atoms with van der Waals surface area (Å²) in [6, 6.07) is 6.38. The molecule has 1 saturated heterocycles. The minimum absolute atomic E-state index is 0.0125. The zero-order chi connectivity index (χ0) is 26.2. The average Bonchev–Trinajstić information content (AvgIpc) is 3.20. The van der Waals surface area contributed by atoms with Gasteiger partial charge in [-0.2, -0.15) is 0 Å². The average molecular weight is 507 g/mol. The predicted octanol–water partition coefficient (Wildman–Crippen LogP) is 6.22. The maximum absolute atomic E-state index is 13.5. The molecule has 6 heteroatoms. The summed E-state index contributed by atoms with van der Waals surface area (Å²) in [4.78, 5) is 26.5. The Morgan fingerprint density at radius 3 is 2.46 bits per heavy atom. The highest BCUT2D eigenvalue weighted by Crippen LogP contribution is 2.41. The van der Waals surface area contributed by atoms with Crippen LogP contribution in [0.5, 0.6) is 5.75 Å². The van der Waals surface area contributed by atoms with Gasteiger partial charge in [0.1, 0.15) is 5.75 Å². The lowest BCUT2D eigenvalue weighted by Crippen LogP contribution is -2.39. The second-order valence-electron chi connectivity index (χ2n) is 12.2. The molecule has 0 spiro atoms. The van der Waals surface area contributed by atoms with Gasteiger partial charge in [0, 0.05) is 49.2 Å². The molecular formula is C31H42N2O4. The predicted molar refractivity (Wildman–Crippen MR) is 146 cm³/mol. The van der Waals surface area contributed by atoms with E-state index in [1.807, 2.05) is 6.07 Å². The lowest BCUT2D eigenvalue weighted by Gasteiger charge is -2.28. The van der Waals surface area contributed by atoms with E-state index in [2.05, 4.69) is 49.7 Å². The first-order chi connectivity index (χ1) is 17.7. The molecule has 1 amide bonds. The summed E-state index contributed by atoms with van der Waals surface area (Å²) >= 11 is 0. The number of hydrogen-bond acceptors (Lipinski definition) is 4. The van der Waals surface area contributed by atoms with Crippen LogP contribution >= 0.6 is 0 Å². The molecule has 200 valence electrons. The maximum Gasteiger partial charge on any atom is 0.253 e. The molecule has 0 radical (unpaired) electrons. The van der Waals surface area contributed by atoms with Crippen LogP contribution in [0.2, 0.25) is 0 Å². The van der Waals surface area contributed by atoms with Gasteiger partial charge in [0.25, 0.3) is 5.91 Å². The highest BCUT2D eigenvalue weighted by atomic mass is 16.5. The van der Waals surface area contributed by atoms with E-state index in [1.165, 1.54) is 32.1 Å². The van der Waals surface area contributed by atoms with E-state index >= 15 is 0 Å². The Hall–Kier alpha value is -2.60. The van der Waals surface area contributed by atoms with Crippen molar-refractivity contribution in [1.82, 2.24) is 9.88 Å². The fourth-order valence-corrected chi connectivity index (χ4v) is 6.16. The Morgan fingerprint density at radius 1 is 1.03 bits per heavy atom. The van der Waals surface area contributed by atoms with Crippen LogP contribution in [0.3, 0.4) is 0 Å². The zero-order valence-electron chi connectivity index (χ0n) is 23.0. The molecule has 3 heterocycles. The van der Waals surface area contributed by atoms with Gasteiger partial charge in [0.15, 0.2) is 5.78 Å². The Bertz CT molecular complexity index is 1160. The summed E-state index contributed by atoms with van der Waals surface area (Å²) in [6.07, 6.45) is 8.42. The van der Waals surface area contributed by atoms with Gasteiger partial charge in [-0.05, 0) is 67.7 Å². The number of aromatic nitrogens is 1. The van der Waals surface area contributed by atoms with Gasteiger partial charge in [0.2, 0.25) is 0 Å². The highest BCUT2D eigenvalue weighted by Gasteiger charge is 2.30. The maximum atomic E-state index is 13.5. The molecule has 1 N–H and O–H groups in total. The molecular weight excluding hydrogens is 464 g/mol. The number of nitrogens with one attached hydrogen (secondary N) is 1. The van der Waals surface area contributed by atoms with Crippen LogP contribution < -0.4 is 10.1 Å². The SMILES string of the molecule is Cc1c(C(=O)NC2CCOCC2)cc(-c2cc3c(c(C(C)(C)C)c2)OCCC3=O)n1CC1CCCCC1. The first kappa shape index (κ1) is 26.0. The monoisotopic (exact) mass is 506 g/mol. The third kappa shape index (κ3) is 5.50. The second-order valence-corrected chi connectivity index (χ2v) is 12.2. The molecule has 1 aromatic heterocycles. The van der Waals surface area contributed by atoms with Gasteiger partial charge >= 0.3 is 0 Å². The first-order valence-corrected chi connectivity index (χ1v) is 14.2. The van der Waals surface area contributed by atoms with Crippen molar-refractivity contribution in [1.29, 1.82) is 0 Å². The van der Waals surface area contributed by atoms with Crippen molar-refractivity contribution in [2.24, 2.45) is 5.92 Å². The van der Waals surface area contributed by atoms with E-state index in [4.69, 9.17) is 9.47 Å². The van der Waals surface area contributed by atoms with Crippen molar-refractivity contribution in [2.45, 2.75) is 97.1 Å². The number of Topliss-reactive ketones (excluding diaryl/α,β-unsaturated/α-hetero) is 1. The van der Waals surface area contributed by atoms with Gasteiger partial charge < -0.3 is 19.4 Å². The second kappa shape index (κ2) is 10.6. The molecule has 3 aliphatic rings. The topological polar surface area (TPSA) is 69.6 Å². The van der Waals surface area contributed by atoms with Crippen LogP contribution in [0.1, 0.15) is 104 Å². The number of ether oxygens (including phenoxy) is 2. The normalized spacial score (nSPS) is 19.4. The number of carbonyl (C=O) groups excluding carboxylic acids is 2. The number of nitrogens with zero attached hydrogens (tertiary/aromatic N) is 1. The molecule has 2 aliphatic heterocycles. The lowest BCUT2D eigenvalue weighted by atomic mass is 9.82. The fourth-order valence-electron chi connectivity index (χ4n) is 6.16. The van der Waals surface area contributed by atoms with E-state index < -0.39 is 0 Å². The third-order valence-corrected chi connectivity index (χ3v) is 8.40. The number of amides is 1. The molecule has 0 bridgehead atoms. The summed E-state index contributed by atoms with van der Waals surface area (Å²) in [5.41, 5.74) is 5.28. The number of benzene rings is 1. The van der Waals surface area contributed by atoms with Crippen molar-refractivity contribution >= 4 is 11.7 Å². The zero-order valence-corrected chi connectivity index (χ0v) is 23.0. The summed E-state index contributed by atoms with van der Waals surface area (Å²) in [7, 11) is 0. The van der Waals surface area contributed by atoms with Gasteiger partial charge in [0.05, 0.1) is 17.7 Å². The highest BCUT2D eigenvalue weighted by molar-refractivity contribution is 6.02. The molecule has 1 aliphatic carbocycles. The number of rotatable bonds is 5. The van der Waals surface area contributed by atoms with Crippen LogP contribution in [0.25, 0.3) is 11.3 Å². The lowest BCUT2D eigenvalue weighted by molar-refractivity contribution is 0.0696. The number of hydrogen-bond donors (Lipinski definition) is 1. The smallest absolute Gasteiger partial charge is 0.253 e. The van der Waals surface area contributed by atoms with Crippen LogP contribution in [-0.4, -0.2) is 42.1 Å². The fraction of sp³-hybridized carbons (Fsp3) is 0.613. The first-order valence-electron chi connectivity index (χ1n) is 14.2. The molecule has 5 rings (SSSR count). The largest absolute Gasteiger partial charge is 0.492 e. The van der Waals surface area contributed by atoms with Crippen molar-refractivity contribution in [3.8, 4) is 17.0 Å². The van der Waals surface area contributed by atoms with Crippen LogP contribution in [0, 0.1) is 12.8 Å². The molecule has 1 saturated carbocycles. The Kier molecular flexibility index (Phi) is 7.49. The quantitative estimate of drug-likeness (QED) is 0.523. The molecule has 0 atom stereocenters. The van der Waals surface area contributed by atoms with Crippen molar-refractivity contribution in [2.75, 3.05) is 19.8 Å². The Morgan fingerprint density at radius 2 is 1.76 bits per heavy atom. The minimum Gasteiger partial charge on any atom is -0.492 e. The molecule has 37 heavy (non-hydrogen) atoms. The Balaban J connectivity index is 1.59. The van der Waals surface area contributed by atoms with Crippen LogP contribution in [0.15, 0.2) is 18.2 Å². The van der Waals surface area contributed by atoms with Crippen molar-refractivity contribution in [3.63, 3.8) is 0 Å². The van der Waals surface area contributed by atoms with Gasteiger partial charge in [-0.1, -0.05) is 40.0 Å². The summed E-state index contributed by atoms with van der Waals surface area (Å²) in [5.74, 6) is 1.46. The van der Waals surface area contributed by atoms with E-state index in [0.29, 0.717) is 37.7 Å². The van der Waals surface area contributed by atoms with Crippen molar-refractivity contribution in [3.05, 3.63) is 40.6 Å².